The minimum Gasteiger partial charge on any atom is -0.356 e. The van der Waals surface area contributed by atoms with Gasteiger partial charge < -0.3 is 10.6 Å². The first-order valence-electron chi connectivity index (χ1n) is 9.02. The monoisotopic (exact) mass is 378 g/mol. The van der Waals surface area contributed by atoms with Crippen molar-refractivity contribution in [1.29, 1.82) is 0 Å². The minimum atomic E-state index is -0.378. The van der Waals surface area contributed by atoms with Gasteiger partial charge in [-0.2, -0.15) is 5.10 Å². The van der Waals surface area contributed by atoms with E-state index in [1.165, 1.54) is 0 Å². The number of hydrogen-bond donors (Lipinski definition) is 2. The van der Waals surface area contributed by atoms with E-state index in [2.05, 4.69) is 39.5 Å². The summed E-state index contributed by atoms with van der Waals surface area (Å²) in [6.07, 6.45) is 2.73. The van der Waals surface area contributed by atoms with Crippen molar-refractivity contribution in [2.45, 2.75) is 39.7 Å². The lowest BCUT2D eigenvalue weighted by Crippen LogP contribution is -2.57. The Morgan fingerprint density at radius 1 is 1.50 bits per heavy atom. The molecule has 1 aliphatic heterocycles. The number of amides is 2. The van der Waals surface area contributed by atoms with Crippen LogP contribution in [0.5, 0.6) is 0 Å². The van der Waals surface area contributed by atoms with Gasteiger partial charge in [0.1, 0.15) is 5.01 Å². The number of piperazine rings is 1. The van der Waals surface area contributed by atoms with Crippen LogP contribution in [0.15, 0.2) is 6.20 Å². The van der Waals surface area contributed by atoms with E-state index in [0.29, 0.717) is 25.4 Å². The number of hydrogen-bond acceptors (Lipinski definition) is 6. The fourth-order valence-electron chi connectivity index (χ4n) is 3.21. The highest BCUT2D eigenvalue weighted by molar-refractivity contribution is 7.16. The van der Waals surface area contributed by atoms with Crippen molar-refractivity contribution >= 4 is 28.1 Å². The van der Waals surface area contributed by atoms with Gasteiger partial charge >= 0.3 is 0 Å². The van der Waals surface area contributed by atoms with Crippen molar-refractivity contribution in [3.8, 4) is 0 Å². The maximum atomic E-state index is 12.3. The van der Waals surface area contributed by atoms with Crippen molar-refractivity contribution in [2.24, 2.45) is 5.92 Å². The molecule has 2 aromatic rings. The van der Waals surface area contributed by atoms with Gasteiger partial charge in [-0.1, -0.05) is 25.2 Å². The predicted molar refractivity (Wildman–Crippen MR) is 100 cm³/mol. The second kappa shape index (κ2) is 8.13. The van der Waals surface area contributed by atoms with Crippen LogP contribution in [-0.4, -0.2) is 63.5 Å². The van der Waals surface area contributed by atoms with Gasteiger partial charge in [0.2, 0.25) is 16.8 Å². The van der Waals surface area contributed by atoms with Gasteiger partial charge in [-0.25, -0.2) is 9.50 Å². The Kier molecular flexibility index (Phi) is 5.87. The highest BCUT2D eigenvalue weighted by atomic mass is 32.1. The molecule has 0 radical (unpaired) electrons. The van der Waals surface area contributed by atoms with E-state index >= 15 is 0 Å². The smallest absolute Gasteiger partial charge is 0.237 e. The van der Waals surface area contributed by atoms with Crippen molar-refractivity contribution in [1.82, 2.24) is 30.1 Å². The van der Waals surface area contributed by atoms with E-state index in [1.54, 1.807) is 15.9 Å². The number of fused-ring (bicyclic) bond motifs is 1. The Labute approximate surface area is 157 Å². The molecule has 0 bridgehead atoms. The number of aromatic nitrogens is 3. The van der Waals surface area contributed by atoms with Crippen LogP contribution in [0, 0.1) is 12.8 Å². The lowest BCUT2D eigenvalue weighted by atomic mass is 10.1. The molecule has 1 fully saturated rings. The third kappa shape index (κ3) is 4.59. The fourth-order valence-corrected chi connectivity index (χ4v) is 3.96. The average molecular weight is 379 g/mol. The molecule has 9 heteroatoms. The van der Waals surface area contributed by atoms with Gasteiger partial charge in [-0.3, -0.25) is 14.5 Å². The van der Waals surface area contributed by atoms with Crippen molar-refractivity contribution in [2.75, 3.05) is 26.2 Å². The Balaban J connectivity index is 1.49. The van der Waals surface area contributed by atoms with Gasteiger partial charge in [0.05, 0.1) is 24.4 Å². The van der Waals surface area contributed by atoms with Crippen LogP contribution < -0.4 is 10.6 Å². The lowest BCUT2D eigenvalue weighted by molar-refractivity contribution is -0.134. The molecule has 0 aromatic carbocycles. The molecule has 142 valence electrons. The highest BCUT2D eigenvalue weighted by Gasteiger charge is 2.31. The Morgan fingerprint density at radius 2 is 2.31 bits per heavy atom. The molecule has 8 nitrogen and oxygen atoms in total. The van der Waals surface area contributed by atoms with Crippen LogP contribution in [0.1, 0.15) is 31.0 Å². The molecule has 2 aromatic heterocycles. The molecule has 26 heavy (non-hydrogen) atoms. The maximum absolute atomic E-state index is 12.3. The molecule has 2 amide bonds. The van der Waals surface area contributed by atoms with Crippen LogP contribution in [0.25, 0.3) is 4.96 Å². The van der Waals surface area contributed by atoms with Crippen molar-refractivity contribution in [3.63, 3.8) is 0 Å². The second-order valence-corrected chi connectivity index (χ2v) is 8.24. The summed E-state index contributed by atoms with van der Waals surface area (Å²) in [4.78, 5) is 31.9. The van der Waals surface area contributed by atoms with Gasteiger partial charge in [-0.15, -0.1) is 0 Å². The summed E-state index contributed by atoms with van der Waals surface area (Å²) in [6, 6.07) is -0.378. The van der Waals surface area contributed by atoms with Crippen LogP contribution in [-0.2, 0) is 16.0 Å². The average Bonchev–Trinajstić information content (AvgIpc) is 3.07. The summed E-state index contributed by atoms with van der Waals surface area (Å²) in [6.45, 7) is 8.95. The molecular formula is C17H26N6O2S. The summed E-state index contributed by atoms with van der Waals surface area (Å²) < 4.78 is 1.77. The number of nitrogens with zero attached hydrogens (tertiary/aromatic N) is 4. The highest BCUT2D eigenvalue weighted by Crippen LogP contribution is 2.14. The second-order valence-electron chi connectivity index (χ2n) is 7.08. The number of rotatable bonds is 7. The van der Waals surface area contributed by atoms with E-state index in [9.17, 15) is 9.59 Å². The Hall–Kier alpha value is -2.00. The number of aryl methyl sites for hydroxylation is 1. The first-order chi connectivity index (χ1) is 12.4. The molecular weight excluding hydrogens is 352 g/mol. The van der Waals surface area contributed by atoms with Crippen molar-refractivity contribution < 1.29 is 9.59 Å². The lowest BCUT2D eigenvalue weighted by Gasteiger charge is -2.35. The summed E-state index contributed by atoms with van der Waals surface area (Å²) in [5.74, 6) is 0.303. The summed E-state index contributed by atoms with van der Waals surface area (Å²) in [7, 11) is 0. The largest absolute Gasteiger partial charge is 0.356 e. The number of carbonyl (C=O) groups is 2. The molecule has 1 atom stereocenters. The standard InChI is InChI=1S/C17H26N6O2S/c1-11(2)9-22-7-6-19-16(25)14(22)8-15(24)18-5-4-13-10-23-17(20-13)26-12(3)21-23/h10-11,14H,4-9H2,1-3H3,(H,18,24)(H,19,25)/t14-/m1/s1. The first-order valence-corrected chi connectivity index (χ1v) is 9.84. The van der Waals surface area contributed by atoms with E-state index in [1.807, 2.05) is 13.1 Å². The third-order valence-electron chi connectivity index (χ3n) is 4.32. The Morgan fingerprint density at radius 3 is 3.04 bits per heavy atom. The van der Waals surface area contributed by atoms with Gasteiger partial charge in [-0.05, 0) is 12.8 Å². The minimum absolute atomic E-state index is 0.0529. The maximum Gasteiger partial charge on any atom is 0.237 e. The zero-order valence-electron chi connectivity index (χ0n) is 15.5. The molecule has 2 N–H and O–H groups in total. The molecule has 1 saturated heterocycles. The van der Waals surface area contributed by atoms with E-state index in [0.717, 1.165) is 28.8 Å². The summed E-state index contributed by atoms with van der Waals surface area (Å²) in [5, 5.41) is 11.1. The number of imidazole rings is 1. The molecule has 0 saturated carbocycles. The molecule has 0 unspecified atom stereocenters. The zero-order valence-corrected chi connectivity index (χ0v) is 16.3. The van der Waals surface area contributed by atoms with Crippen LogP contribution >= 0.6 is 11.3 Å². The third-order valence-corrected chi connectivity index (χ3v) is 5.16. The predicted octanol–water partition coefficient (Wildman–Crippen LogP) is 0.604. The van der Waals surface area contributed by atoms with Gasteiger partial charge in [0, 0.05) is 32.6 Å². The van der Waals surface area contributed by atoms with E-state index < -0.39 is 0 Å². The Bertz CT molecular complexity index is 752. The number of nitrogens with one attached hydrogen (secondary N) is 2. The van der Waals surface area contributed by atoms with Crippen LogP contribution in [0.4, 0.5) is 0 Å². The molecule has 3 heterocycles. The topological polar surface area (TPSA) is 91.6 Å². The molecule has 0 spiro atoms. The SMILES string of the molecule is Cc1nn2cc(CCNC(=O)C[C@@H]3C(=O)NCCN3CC(C)C)nc2s1. The number of carbonyl (C=O) groups excluding carboxylic acids is 2. The summed E-state index contributed by atoms with van der Waals surface area (Å²) >= 11 is 1.54. The van der Waals surface area contributed by atoms with Crippen LogP contribution in [0.2, 0.25) is 0 Å². The van der Waals surface area contributed by atoms with E-state index in [-0.39, 0.29) is 24.3 Å². The van der Waals surface area contributed by atoms with Gasteiger partial charge in [0.15, 0.2) is 0 Å². The molecule has 0 aliphatic carbocycles. The molecule has 1 aliphatic rings. The first kappa shape index (κ1) is 18.8. The summed E-state index contributed by atoms with van der Waals surface area (Å²) in [5.41, 5.74) is 0.904. The molecule has 3 rings (SSSR count). The normalized spacial score (nSPS) is 18.5. The fraction of sp³-hybridized carbons (Fsp3) is 0.647. The zero-order chi connectivity index (χ0) is 18.7. The quantitative estimate of drug-likeness (QED) is 0.736. The van der Waals surface area contributed by atoms with E-state index in [4.69, 9.17) is 0 Å². The van der Waals surface area contributed by atoms with Gasteiger partial charge in [0.25, 0.3) is 0 Å². The van der Waals surface area contributed by atoms with Crippen molar-refractivity contribution in [3.05, 3.63) is 16.9 Å². The van der Waals surface area contributed by atoms with Crippen LogP contribution in [0.3, 0.4) is 0 Å².